The van der Waals surface area contributed by atoms with Crippen molar-refractivity contribution in [3.8, 4) is 11.4 Å². The monoisotopic (exact) mass is 270 g/mol. The normalized spacial score (nSPS) is 10.4. The van der Waals surface area contributed by atoms with Gasteiger partial charge in [0, 0.05) is 10.0 Å². The Morgan fingerprint density at radius 2 is 2.14 bits per heavy atom. The minimum absolute atomic E-state index is 0.399. The van der Waals surface area contributed by atoms with E-state index in [-0.39, 0.29) is 0 Å². The first kappa shape index (κ1) is 9.42. The summed E-state index contributed by atoms with van der Waals surface area (Å²) >= 11 is 8.34. The smallest absolute Gasteiger partial charge is 0.214 e. The van der Waals surface area contributed by atoms with Gasteiger partial charge in [-0.05, 0) is 24.4 Å². The maximum Gasteiger partial charge on any atom is 0.214 e. The van der Waals surface area contributed by atoms with Gasteiger partial charge in [-0.1, -0.05) is 28.1 Å². The number of aromatic amines is 1. The van der Waals surface area contributed by atoms with Crippen LogP contribution in [-0.2, 0) is 0 Å². The number of nitrogens with one attached hydrogen (secondary N) is 1. The van der Waals surface area contributed by atoms with E-state index in [1.807, 2.05) is 24.3 Å². The summed E-state index contributed by atoms with van der Waals surface area (Å²) in [6, 6.07) is 7.68. The maximum atomic E-state index is 5.70. The standard InChI is InChI=1S/C8H7BrN4S/c9-6-4-2-1-3-5(6)7-11-12-8(14)13(7)10/h1-4H,10H2,(H,12,14). The molecule has 0 fully saturated rings. The summed E-state index contributed by atoms with van der Waals surface area (Å²) in [7, 11) is 0. The summed E-state index contributed by atoms with van der Waals surface area (Å²) < 4.78 is 2.67. The minimum Gasteiger partial charge on any atom is -0.335 e. The van der Waals surface area contributed by atoms with Crippen molar-refractivity contribution in [3.63, 3.8) is 0 Å². The van der Waals surface area contributed by atoms with Gasteiger partial charge in [-0.2, -0.15) is 5.10 Å². The van der Waals surface area contributed by atoms with Crippen LogP contribution < -0.4 is 5.84 Å². The number of benzene rings is 1. The number of hydrogen-bond donors (Lipinski definition) is 2. The number of hydrogen-bond acceptors (Lipinski definition) is 3. The van der Waals surface area contributed by atoms with Gasteiger partial charge in [0.15, 0.2) is 5.82 Å². The fraction of sp³-hybridized carbons (Fsp3) is 0. The number of rotatable bonds is 1. The molecule has 0 amide bonds. The first-order chi connectivity index (χ1) is 6.70. The lowest BCUT2D eigenvalue weighted by atomic mass is 10.2. The number of halogens is 1. The average Bonchev–Trinajstić information content (AvgIpc) is 2.49. The molecular formula is C8H7BrN4S. The molecule has 2 rings (SSSR count). The van der Waals surface area contributed by atoms with Crippen molar-refractivity contribution in [1.29, 1.82) is 0 Å². The molecule has 0 bridgehead atoms. The van der Waals surface area contributed by atoms with Crippen molar-refractivity contribution in [3.05, 3.63) is 33.5 Å². The molecule has 2 aromatic rings. The molecule has 0 unspecified atom stereocenters. The molecule has 72 valence electrons. The van der Waals surface area contributed by atoms with Gasteiger partial charge in [0.25, 0.3) is 0 Å². The van der Waals surface area contributed by atoms with E-state index in [9.17, 15) is 0 Å². The SMILES string of the molecule is Nn1c(-c2ccccc2Br)n[nH]c1=S. The fourth-order valence-corrected chi connectivity index (χ4v) is 1.73. The van der Waals surface area contributed by atoms with Gasteiger partial charge in [0.2, 0.25) is 4.77 Å². The number of nitrogen functional groups attached to an aromatic ring is 1. The van der Waals surface area contributed by atoms with Crippen LogP contribution in [0, 0.1) is 4.77 Å². The number of nitrogens with zero attached hydrogens (tertiary/aromatic N) is 2. The molecule has 3 N–H and O–H groups in total. The Bertz CT molecular complexity index is 516. The van der Waals surface area contributed by atoms with Crippen LogP contribution in [0.2, 0.25) is 0 Å². The van der Waals surface area contributed by atoms with Crippen molar-refractivity contribution >= 4 is 28.1 Å². The summed E-state index contributed by atoms with van der Waals surface area (Å²) in [5.41, 5.74) is 0.905. The van der Waals surface area contributed by atoms with Crippen LogP contribution in [0.15, 0.2) is 28.7 Å². The predicted molar refractivity (Wildman–Crippen MR) is 60.7 cm³/mol. The fourth-order valence-electron chi connectivity index (χ4n) is 1.14. The molecule has 0 saturated carbocycles. The molecule has 1 aromatic heterocycles. The number of aromatic nitrogens is 3. The molecule has 14 heavy (non-hydrogen) atoms. The Morgan fingerprint density at radius 3 is 2.71 bits per heavy atom. The summed E-state index contributed by atoms with van der Waals surface area (Å²) in [6.45, 7) is 0. The third-order valence-electron chi connectivity index (χ3n) is 1.82. The summed E-state index contributed by atoms with van der Waals surface area (Å²) in [5.74, 6) is 6.31. The maximum absolute atomic E-state index is 5.70. The van der Waals surface area contributed by atoms with E-state index >= 15 is 0 Å². The van der Waals surface area contributed by atoms with Gasteiger partial charge in [-0.3, -0.25) is 0 Å². The van der Waals surface area contributed by atoms with E-state index in [0.717, 1.165) is 10.0 Å². The minimum atomic E-state index is 0.399. The first-order valence-corrected chi connectivity index (χ1v) is 5.07. The number of nitrogens with two attached hydrogens (primary N) is 1. The Labute approximate surface area is 93.9 Å². The van der Waals surface area contributed by atoms with Gasteiger partial charge in [0.1, 0.15) is 0 Å². The molecule has 0 radical (unpaired) electrons. The Balaban J connectivity index is 2.66. The lowest BCUT2D eigenvalue weighted by Gasteiger charge is -2.01. The Kier molecular flexibility index (Phi) is 2.39. The zero-order valence-corrected chi connectivity index (χ0v) is 9.47. The highest BCUT2D eigenvalue weighted by atomic mass is 79.9. The van der Waals surface area contributed by atoms with E-state index in [2.05, 4.69) is 26.1 Å². The average molecular weight is 271 g/mol. The van der Waals surface area contributed by atoms with Crippen molar-refractivity contribution in [2.45, 2.75) is 0 Å². The molecule has 0 aliphatic rings. The summed E-state index contributed by atoms with van der Waals surface area (Å²) in [5, 5.41) is 6.67. The van der Waals surface area contributed by atoms with Crippen molar-refractivity contribution in [1.82, 2.24) is 14.9 Å². The second-order valence-corrected chi connectivity index (χ2v) is 3.94. The van der Waals surface area contributed by atoms with E-state index in [0.29, 0.717) is 10.6 Å². The summed E-state index contributed by atoms with van der Waals surface area (Å²) in [6.07, 6.45) is 0. The molecule has 0 aliphatic carbocycles. The van der Waals surface area contributed by atoms with Crippen LogP contribution in [0.1, 0.15) is 0 Å². The van der Waals surface area contributed by atoms with E-state index < -0.39 is 0 Å². The van der Waals surface area contributed by atoms with Crippen molar-refractivity contribution in [2.24, 2.45) is 0 Å². The molecule has 1 aromatic carbocycles. The second-order valence-electron chi connectivity index (χ2n) is 2.70. The van der Waals surface area contributed by atoms with Crippen molar-refractivity contribution in [2.75, 3.05) is 5.84 Å². The largest absolute Gasteiger partial charge is 0.335 e. The first-order valence-electron chi connectivity index (χ1n) is 3.87. The van der Waals surface area contributed by atoms with Crippen LogP contribution in [0.4, 0.5) is 0 Å². The van der Waals surface area contributed by atoms with Gasteiger partial charge in [0.05, 0.1) is 0 Å². The Morgan fingerprint density at radius 1 is 1.43 bits per heavy atom. The quantitative estimate of drug-likeness (QED) is 0.616. The van der Waals surface area contributed by atoms with Crippen LogP contribution in [-0.4, -0.2) is 14.9 Å². The zero-order chi connectivity index (χ0) is 10.1. The van der Waals surface area contributed by atoms with E-state index in [1.54, 1.807) is 0 Å². The van der Waals surface area contributed by atoms with Crippen molar-refractivity contribution < 1.29 is 0 Å². The topological polar surface area (TPSA) is 59.6 Å². The molecular weight excluding hydrogens is 264 g/mol. The van der Waals surface area contributed by atoms with Crippen LogP contribution in [0.25, 0.3) is 11.4 Å². The molecule has 6 heteroatoms. The summed E-state index contributed by atoms with van der Waals surface area (Å²) in [4.78, 5) is 0. The van der Waals surface area contributed by atoms with Gasteiger partial charge in [-0.25, -0.2) is 9.77 Å². The molecule has 0 spiro atoms. The highest BCUT2D eigenvalue weighted by molar-refractivity contribution is 9.10. The highest BCUT2D eigenvalue weighted by Gasteiger charge is 2.08. The lowest BCUT2D eigenvalue weighted by molar-refractivity contribution is 0.983. The third-order valence-corrected chi connectivity index (χ3v) is 2.80. The predicted octanol–water partition coefficient (Wildman–Crippen LogP) is 2.08. The van der Waals surface area contributed by atoms with Gasteiger partial charge < -0.3 is 5.84 Å². The van der Waals surface area contributed by atoms with E-state index in [4.69, 9.17) is 18.1 Å². The van der Waals surface area contributed by atoms with Gasteiger partial charge in [-0.15, -0.1) is 0 Å². The molecule has 0 saturated heterocycles. The number of H-pyrrole nitrogens is 1. The second kappa shape index (κ2) is 3.55. The van der Waals surface area contributed by atoms with E-state index in [1.165, 1.54) is 4.68 Å². The molecule has 0 aliphatic heterocycles. The molecule has 4 nitrogen and oxygen atoms in total. The molecule has 0 atom stereocenters. The van der Waals surface area contributed by atoms with Crippen LogP contribution in [0.3, 0.4) is 0 Å². The molecule has 1 heterocycles. The zero-order valence-electron chi connectivity index (χ0n) is 7.07. The lowest BCUT2D eigenvalue weighted by Crippen LogP contribution is -2.10. The Hall–Kier alpha value is -1.14. The van der Waals surface area contributed by atoms with Crippen LogP contribution in [0.5, 0.6) is 0 Å². The van der Waals surface area contributed by atoms with Gasteiger partial charge >= 0.3 is 0 Å². The third kappa shape index (κ3) is 1.46. The highest BCUT2D eigenvalue weighted by Crippen LogP contribution is 2.25. The van der Waals surface area contributed by atoms with Crippen LogP contribution >= 0.6 is 28.1 Å².